The second-order valence-electron chi connectivity index (χ2n) is 30.4. The molecule has 0 saturated carbocycles. The average Bonchev–Trinajstić information content (AvgIpc) is 1.08. The van der Waals surface area contributed by atoms with Gasteiger partial charge in [0, 0.05) is 25.7 Å². The SMILES string of the molecule is CC(C)CCCCCCCCCCCCCCCCCCCCC(=O)OC[C@H](COP(=O)(O)OCC(O)COP(=O)(O)OC[C@@H](COC(=O)CCCCCCCCCC(C)C)OC(=O)CCCCCCCCCCCC(C)C)OC(=O)CCCCCCCCCCCCCCC(C)C. The summed E-state index contributed by atoms with van der Waals surface area (Å²) in [6.07, 6.45) is 54.3. The van der Waals surface area contributed by atoms with Gasteiger partial charge in [0.05, 0.1) is 26.4 Å². The normalized spacial score (nSPS) is 14.1. The summed E-state index contributed by atoms with van der Waals surface area (Å²) >= 11 is 0. The van der Waals surface area contributed by atoms with Crippen molar-refractivity contribution in [2.24, 2.45) is 23.7 Å². The van der Waals surface area contributed by atoms with Crippen LogP contribution in [0.1, 0.15) is 402 Å². The van der Waals surface area contributed by atoms with E-state index in [1.165, 1.54) is 199 Å². The second kappa shape index (κ2) is 68.2. The number of phosphoric acid groups is 2. The molecule has 0 heterocycles. The Bertz CT molecular complexity index is 1920. The predicted octanol–water partition coefficient (Wildman–Crippen LogP) is 23.2. The van der Waals surface area contributed by atoms with E-state index in [2.05, 4.69) is 55.4 Å². The Morgan fingerprint density at radius 3 is 0.633 bits per heavy atom. The Morgan fingerprint density at radius 1 is 0.255 bits per heavy atom. The fourth-order valence-corrected chi connectivity index (χ4v) is 13.7. The van der Waals surface area contributed by atoms with Crippen molar-refractivity contribution in [3.63, 3.8) is 0 Å². The number of ether oxygens (including phenoxy) is 4. The predicted molar refractivity (Wildman–Crippen MR) is 400 cm³/mol. The molecule has 5 atom stereocenters. The number of unbranched alkanes of at least 4 members (excludes halogenated alkanes) is 42. The monoisotopic (exact) mass is 1440 g/mol. The van der Waals surface area contributed by atoms with Gasteiger partial charge in [0.15, 0.2) is 12.2 Å². The van der Waals surface area contributed by atoms with Crippen molar-refractivity contribution in [1.29, 1.82) is 0 Å². The standard InChI is InChI=1S/C79H154O17P2/c1-69(2)55-47-39-31-24-19-15-13-11-9-10-12-14-16-21-27-35-43-51-59-76(81)89-65-74(95-78(83)61-53-45-36-28-22-18-17-20-25-32-40-48-56-70(3)4)67-93-97(85,86)91-63-73(80)64-92-98(87,88)94-68-75(66-90-77(82)60-52-44-38-30-34-42-50-58-72(7)8)96-79(84)62-54-46-37-29-23-26-33-41-49-57-71(5)6/h69-75,80H,9-68H2,1-8H3,(H,85,86)(H,87,88)/t73?,74-,75-/m1/s1. The van der Waals surface area contributed by atoms with Crippen molar-refractivity contribution in [1.82, 2.24) is 0 Å². The topological polar surface area (TPSA) is 237 Å². The van der Waals surface area contributed by atoms with Crippen LogP contribution in [0.5, 0.6) is 0 Å². The first kappa shape index (κ1) is 96.1. The maximum Gasteiger partial charge on any atom is 0.472 e. The molecule has 0 bridgehead atoms. The minimum absolute atomic E-state index is 0.104. The van der Waals surface area contributed by atoms with Gasteiger partial charge in [-0.3, -0.25) is 37.3 Å². The molecule has 0 saturated heterocycles. The lowest BCUT2D eigenvalue weighted by atomic mass is 10.0. The third-order valence-corrected chi connectivity index (χ3v) is 20.2. The third kappa shape index (κ3) is 72.4. The summed E-state index contributed by atoms with van der Waals surface area (Å²) in [5.41, 5.74) is 0. The van der Waals surface area contributed by atoms with E-state index in [1.807, 2.05) is 0 Å². The number of aliphatic hydroxyl groups excluding tert-OH is 1. The smallest absolute Gasteiger partial charge is 0.462 e. The van der Waals surface area contributed by atoms with Crippen molar-refractivity contribution in [3.05, 3.63) is 0 Å². The van der Waals surface area contributed by atoms with Gasteiger partial charge in [0.25, 0.3) is 0 Å². The molecule has 0 aromatic carbocycles. The van der Waals surface area contributed by atoms with Gasteiger partial charge in [-0.25, -0.2) is 9.13 Å². The zero-order valence-corrected chi connectivity index (χ0v) is 66.2. The lowest BCUT2D eigenvalue weighted by Crippen LogP contribution is -2.30. The van der Waals surface area contributed by atoms with Crippen molar-refractivity contribution >= 4 is 39.5 Å². The van der Waals surface area contributed by atoms with Crippen LogP contribution >= 0.6 is 15.6 Å². The number of aliphatic hydroxyl groups is 1. The van der Waals surface area contributed by atoms with E-state index in [4.69, 9.17) is 37.0 Å². The van der Waals surface area contributed by atoms with Gasteiger partial charge in [0.2, 0.25) is 0 Å². The van der Waals surface area contributed by atoms with E-state index < -0.39 is 97.5 Å². The number of phosphoric ester groups is 2. The Kier molecular flexibility index (Phi) is 66.8. The Balaban J connectivity index is 5.20. The summed E-state index contributed by atoms with van der Waals surface area (Å²) in [5, 5.41) is 10.6. The molecule has 0 rings (SSSR count). The molecule has 0 aromatic heterocycles. The van der Waals surface area contributed by atoms with Crippen LogP contribution in [0, 0.1) is 23.7 Å². The molecular formula is C79H154O17P2. The minimum Gasteiger partial charge on any atom is -0.462 e. The van der Waals surface area contributed by atoms with Gasteiger partial charge in [-0.1, -0.05) is 351 Å². The summed E-state index contributed by atoms with van der Waals surface area (Å²) in [6.45, 7) is 14.2. The molecule has 582 valence electrons. The molecule has 19 heteroatoms. The summed E-state index contributed by atoms with van der Waals surface area (Å²) in [4.78, 5) is 72.9. The molecular weight excluding hydrogens is 1280 g/mol. The highest BCUT2D eigenvalue weighted by Gasteiger charge is 2.30. The van der Waals surface area contributed by atoms with Crippen LogP contribution in [0.2, 0.25) is 0 Å². The Labute approximate surface area is 600 Å². The highest BCUT2D eigenvalue weighted by molar-refractivity contribution is 7.47. The quantitative estimate of drug-likeness (QED) is 0.0222. The van der Waals surface area contributed by atoms with Crippen LogP contribution < -0.4 is 0 Å². The molecule has 3 unspecified atom stereocenters. The van der Waals surface area contributed by atoms with Crippen molar-refractivity contribution in [2.75, 3.05) is 39.6 Å². The number of rotatable bonds is 76. The van der Waals surface area contributed by atoms with Gasteiger partial charge in [-0.2, -0.15) is 0 Å². The Morgan fingerprint density at radius 2 is 0.429 bits per heavy atom. The van der Waals surface area contributed by atoms with E-state index in [9.17, 15) is 43.2 Å². The molecule has 0 spiro atoms. The van der Waals surface area contributed by atoms with Crippen LogP contribution in [0.4, 0.5) is 0 Å². The van der Waals surface area contributed by atoms with Crippen LogP contribution in [-0.2, 0) is 65.4 Å². The molecule has 0 aliphatic rings. The maximum atomic E-state index is 13.1. The zero-order chi connectivity index (χ0) is 72.4. The number of hydrogen-bond donors (Lipinski definition) is 3. The summed E-state index contributed by atoms with van der Waals surface area (Å²) in [6, 6.07) is 0. The lowest BCUT2D eigenvalue weighted by Gasteiger charge is -2.21. The van der Waals surface area contributed by atoms with E-state index in [0.717, 1.165) is 114 Å². The molecule has 0 aromatic rings. The van der Waals surface area contributed by atoms with Gasteiger partial charge >= 0.3 is 39.5 Å². The van der Waals surface area contributed by atoms with Crippen molar-refractivity contribution < 1.29 is 80.2 Å². The highest BCUT2D eigenvalue weighted by Crippen LogP contribution is 2.45. The first-order valence-corrected chi connectivity index (χ1v) is 43.7. The first-order valence-electron chi connectivity index (χ1n) is 40.7. The van der Waals surface area contributed by atoms with Gasteiger partial charge in [-0.15, -0.1) is 0 Å². The number of esters is 4. The van der Waals surface area contributed by atoms with E-state index in [-0.39, 0.29) is 25.7 Å². The molecule has 3 N–H and O–H groups in total. The number of carbonyl (C=O) groups is 4. The summed E-state index contributed by atoms with van der Waals surface area (Å²) in [7, 11) is -9.92. The van der Waals surface area contributed by atoms with Gasteiger partial charge in [-0.05, 0) is 49.4 Å². The fourth-order valence-electron chi connectivity index (χ4n) is 12.1. The van der Waals surface area contributed by atoms with Crippen LogP contribution in [-0.4, -0.2) is 96.7 Å². The molecule has 98 heavy (non-hydrogen) atoms. The third-order valence-electron chi connectivity index (χ3n) is 18.3. The molecule has 0 radical (unpaired) electrons. The van der Waals surface area contributed by atoms with Crippen molar-refractivity contribution in [3.8, 4) is 0 Å². The first-order chi connectivity index (χ1) is 47.1. The van der Waals surface area contributed by atoms with Gasteiger partial charge in [0.1, 0.15) is 19.3 Å². The molecule has 0 aliphatic carbocycles. The van der Waals surface area contributed by atoms with E-state index in [1.54, 1.807) is 0 Å². The fraction of sp³-hybridized carbons (Fsp3) is 0.949. The average molecular weight is 1440 g/mol. The van der Waals surface area contributed by atoms with E-state index in [0.29, 0.717) is 31.6 Å². The maximum absolute atomic E-state index is 13.1. The lowest BCUT2D eigenvalue weighted by molar-refractivity contribution is -0.161. The van der Waals surface area contributed by atoms with Crippen molar-refractivity contribution in [2.45, 2.75) is 420 Å². The molecule has 17 nitrogen and oxygen atoms in total. The molecule has 0 fully saturated rings. The second-order valence-corrected chi connectivity index (χ2v) is 33.3. The summed E-state index contributed by atoms with van der Waals surface area (Å²) < 4.78 is 68.6. The van der Waals surface area contributed by atoms with Crippen LogP contribution in [0.15, 0.2) is 0 Å². The highest BCUT2D eigenvalue weighted by atomic mass is 31.2. The number of carbonyl (C=O) groups excluding carboxylic acids is 4. The van der Waals surface area contributed by atoms with E-state index >= 15 is 0 Å². The Hall–Kier alpha value is -1.94. The number of hydrogen-bond acceptors (Lipinski definition) is 15. The van der Waals surface area contributed by atoms with Crippen LogP contribution in [0.25, 0.3) is 0 Å². The largest absolute Gasteiger partial charge is 0.472 e. The molecule has 0 aliphatic heterocycles. The zero-order valence-electron chi connectivity index (χ0n) is 64.4. The summed E-state index contributed by atoms with van der Waals surface area (Å²) in [5.74, 6) is 0.922. The molecule has 0 amide bonds. The van der Waals surface area contributed by atoms with Crippen LogP contribution in [0.3, 0.4) is 0 Å². The van der Waals surface area contributed by atoms with Gasteiger partial charge < -0.3 is 33.8 Å². The minimum atomic E-state index is -4.96.